The van der Waals surface area contributed by atoms with Crippen LogP contribution in [0.3, 0.4) is 0 Å². The number of aromatic nitrogens is 2. The smallest absolute Gasteiger partial charge is 0.335 e. The predicted molar refractivity (Wildman–Crippen MR) is 67.5 cm³/mol. The summed E-state index contributed by atoms with van der Waals surface area (Å²) in [5.74, 6) is -0.410. The third-order valence-corrected chi connectivity index (χ3v) is 2.31. The molecule has 0 bridgehead atoms. The fourth-order valence-corrected chi connectivity index (χ4v) is 1.34. The van der Waals surface area contributed by atoms with Crippen molar-refractivity contribution >= 4 is 29.0 Å². The zero-order chi connectivity index (χ0) is 13.1. The van der Waals surface area contributed by atoms with E-state index in [0.29, 0.717) is 11.5 Å². The first-order valence-corrected chi connectivity index (χ1v) is 5.04. The fraction of sp³-hybridized carbons (Fsp3) is 0. The highest BCUT2D eigenvalue weighted by Crippen LogP contribution is 2.23. The number of carboxylic acids is 1. The number of anilines is 4. The number of nitrogens with zero attached hydrogens (tertiary/aromatic N) is 2. The number of carboxylic acid groups (broad SMARTS) is 1. The minimum absolute atomic E-state index is 0.189. The number of nitrogen functional groups attached to an aromatic ring is 2. The molecule has 7 heteroatoms. The van der Waals surface area contributed by atoms with Crippen molar-refractivity contribution in [3.63, 3.8) is 0 Å². The molecular weight excluding hydrogens is 234 g/mol. The molecule has 2 aromatic rings. The summed E-state index contributed by atoms with van der Waals surface area (Å²) in [6, 6.07) is 6.18. The molecule has 0 aliphatic rings. The van der Waals surface area contributed by atoms with Crippen LogP contribution in [-0.4, -0.2) is 21.0 Å². The van der Waals surface area contributed by atoms with Gasteiger partial charge in [0.25, 0.3) is 0 Å². The van der Waals surface area contributed by atoms with Crippen LogP contribution >= 0.6 is 0 Å². The minimum atomic E-state index is -0.979. The van der Waals surface area contributed by atoms with Gasteiger partial charge in [0.05, 0.1) is 5.56 Å². The highest BCUT2D eigenvalue weighted by atomic mass is 16.4. The molecule has 6 N–H and O–H groups in total. The van der Waals surface area contributed by atoms with Gasteiger partial charge in [-0.2, -0.15) is 0 Å². The van der Waals surface area contributed by atoms with Crippen LogP contribution in [-0.2, 0) is 0 Å². The van der Waals surface area contributed by atoms with Crippen LogP contribution < -0.4 is 16.8 Å². The maximum absolute atomic E-state index is 10.7. The van der Waals surface area contributed by atoms with Crippen molar-refractivity contribution in [1.82, 2.24) is 9.97 Å². The predicted octanol–water partition coefficient (Wildman–Crippen LogP) is 1.08. The third-order valence-electron chi connectivity index (χ3n) is 2.31. The summed E-state index contributed by atoms with van der Waals surface area (Å²) in [4.78, 5) is 18.4. The van der Waals surface area contributed by atoms with E-state index < -0.39 is 5.97 Å². The first-order valence-electron chi connectivity index (χ1n) is 5.04. The lowest BCUT2D eigenvalue weighted by molar-refractivity contribution is 0.0697. The maximum Gasteiger partial charge on any atom is 0.335 e. The molecule has 18 heavy (non-hydrogen) atoms. The summed E-state index contributed by atoms with van der Waals surface area (Å²) in [5.41, 5.74) is 12.4. The highest BCUT2D eigenvalue weighted by Gasteiger charge is 2.06. The second-order valence-electron chi connectivity index (χ2n) is 3.53. The largest absolute Gasteiger partial charge is 0.478 e. The Labute approximate surface area is 102 Å². The van der Waals surface area contributed by atoms with Crippen LogP contribution in [0, 0.1) is 0 Å². The molecule has 2 rings (SSSR count). The molecule has 0 spiro atoms. The molecule has 0 saturated carbocycles. The number of nitrogens with one attached hydrogen (secondary N) is 1. The summed E-state index contributed by atoms with van der Waals surface area (Å²) >= 11 is 0. The number of hydrogen-bond acceptors (Lipinski definition) is 6. The van der Waals surface area contributed by atoms with E-state index in [2.05, 4.69) is 15.3 Å². The van der Waals surface area contributed by atoms with E-state index in [-0.39, 0.29) is 17.1 Å². The van der Waals surface area contributed by atoms with Crippen molar-refractivity contribution in [3.8, 4) is 0 Å². The van der Waals surface area contributed by atoms with Gasteiger partial charge in [-0.05, 0) is 24.3 Å². The van der Waals surface area contributed by atoms with Crippen LogP contribution in [0.1, 0.15) is 10.4 Å². The van der Waals surface area contributed by atoms with Crippen molar-refractivity contribution in [2.75, 3.05) is 16.8 Å². The molecule has 0 aliphatic heterocycles. The summed E-state index contributed by atoms with van der Waals surface area (Å²) < 4.78 is 0. The average Bonchev–Trinajstić information content (AvgIpc) is 2.36. The second kappa shape index (κ2) is 4.58. The first-order chi connectivity index (χ1) is 8.58. The second-order valence-corrected chi connectivity index (χ2v) is 3.53. The molecule has 92 valence electrons. The number of aromatic carboxylic acids is 1. The normalized spacial score (nSPS) is 10.0. The van der Waals surface area contributed by atoms with Crippen LogP contribution in [0.25, 0.3) is 0 Å². The van der Waals surface area contributed by atoms with Gasteiger partial charge < -0.3 is 21.9 Å². The Morgan fingerprint density at radius 2 is 1.83 bits per heavy atom. The number of benzene rings is 1. The average molecular weight is 245 g/mol. The van der Waals surface area contributed by atoms with Crippen LogP contribution in [0.15, 0.2) is 30.6 Å². The summed E-state index contributed by atoms with van der Waals surface area (Å²) in [5, 5.41) is 11.7. The van der Waals surface area contributed by atoms with Crippen LogP contribution in [0.4, 0.5) is 23.0 Å². The lowest BCUT2D eigenvalue weighted by atomic mass is 10.2. The van der Waals surface area contributed by atoms with Gasteiger partial charge in [0.2, 0.25) is 0 Å². The zero-order valence-corrected chi connectivity index (χ0v) is 9.29. The summed E-state index contributed by atoms with van der Waals surface area (Å²) in [6.07, 6.45) is 1.29. The molecule has 0 radical (unpaired) electrons. The monoisotopic (exact) mass is 245 g/mol. The quantitative estimate of drug-likeness (QED) is 0.637. The third kappa shape index (κ3) is 2.29. The SMILES string of the molecule is Nc1ncnc(Nc2ccc(C(=O)O)cc2)c1N. The van der Waals surface area contributed by atoms with Gasteiger partial charge in [-0.25, -0.2) is 14.8 Å². The van der Waals surface area contributed by atoms with Gasteiger partial charge in [0.15, 0.2) is 11.6 Å². The van der Waals surface area contributed by atoms with Gasteiger partial charge in [0, 0.05) is 5.69 Å². The molecule has 0 amide bonds. The van der Waals surface area contributed by atoms with Crippen molar-refractivity contribution < 1.29 is 9.90 Å². The Balaban J connectivity index is 2.24. The van der Waals surface area contributed by atoms with Crippen molar-refractivity contribution in [1.29, 1.82) is 0 Å². The Morgan fingerprint density at radius 1 is 1.17 bits per heavy atom. The van der Waals surface area contributed by atoms with Crippen molar-refractivity contribution in [2.45, 2.75) is 0 Å². The Kier molecular flexibility index (Phi) is 2.96. The van der Waals surface area contributed by atoms with Gasteiger partial charge >= 0.3 is 5.97 Å². The molecule has 0 saturated heterocycles. The van der Waals surface area contributed by atoms with Gasteiger partial charge in [-0.3, -0.25) is 0 Å². The molecular formula is C11H11N5O2. The fourth-order valence-electron chi connectivity index (χ4n) is 1.34. The standard InChI is InChI=1S/C11H11N5O2/c12-8-9(13)14-5-15-10(8)16-7-3-1-6(2-4-7)11(17)18/h1-5H,12H2,(H,17,18)(H3,13,14,15,16). The number of hydrogen-bond donors (Lipinski definition) is 4. The van der Waals surface area contributed by atoms with E-state index in [1.54, 1.807) is 12.1 Å². The number of rotatable bonds is 3. The molecule has 0 unspecified atom stereocenters. The molecule has 1 aromatic heterocycles. The summed E-state index contributed by atoms with van der Waals surface area (Å²) in [7, 11) is 0. The topological polar surface area (TPSA) is 127 Å². The van der Waals surface area contributed by atoms with Gasteiger partial charge in [-0.15, -0.1) is 0 Å². The first kappa shape index (κ1) is 11.6. The summed E-state index contributed by atoms with van der Waals surface area (Å²) in [6.45, 7) is 0. The number of nitrogens with two attached hydrogens (primary N) is 2. The molecule has 0 fully saturated rings. The molecule has 7 nitrogen and oxygen atoms in total. The molecule has 1 aromatic carbocycles. The van der Waals surface area contributed by atoms with Crippen LogP contribution in [0.2, 0.25) is 0 Å². The Bertz CT molecular complexity index is 582. The Morgan fingerprint density at radius 3 is 2.44 bits per heavy atom. The lowest BCUT2D eigenvalue weighted by Crippen LogP contribution is -2.04. The van der Waals surface area contributed by atoms with E-state index in [9.17, 15) is 4.79 Å². The van der Waals surface area contributed by atoms with Gasteiger partial charge in [0.1, 0.15) is 12.0 Å². The van der Waals surface area contributed by atoms with Crippen molar-refractivity contribution in [2.24, 2.45) is 0 Å². The van der Waals surface area contributed by atoms with E-state index in [1.807, 2.05) is 0 Å². The highest BCUT2D eigenvalue weighted by molar-refractivity contribution is 5.88. The molecule has 0 atom stereocenters. The lowest BCUT2D eigenvalue weighted by Gasteiger charge is -2.09. The van der Waals surface area contributed by atoms with Gasteiger partial charge in [-0.1, -0.05) is 0 Å². The number of carbonyl (C=O) groups is 1. The van der Waals surface area contributed by atoms with Crippen LogP contribution in [0.5, 0.6) is 0 Å². The minimum Gasteiger partial charge on any atom is -0.478 e. The Hall–Kier alpha value is -2.83. The molecule has 1 heterocycles. The zero-order valence-electron chi connectivity index (χ0n) is 9.29. The van der Waals surface area contributed by atoms with E-state index in [0.717, 1.165) is 0 Å². The van der Waals surface area contributed by atoms with E-state index in [1.165, 1.54) is 18.5 Å². The van der Waals surface area contributed by atoms with E-state index >= 15 is 0 Å². The molecule has 0 aliphatic carbocycles. The maximum atomic E-state index is 10.7. The van der Waals surface area contributed by atoms with Crippen molar-refractivity contribution in [3.05, 3.63) is 36.2 Å². The van der Waals surface area contributed by atoms with E-state index in [4.69, 9.17) is 16.6 Å².